The Kier molecular flexibility index (Phi) is 3.31. The fourth-order valence-electron chi connectivity index (χ4n) is 1.40. The van der Waals surface area contributed by atoms with Crippen molar-refractivity contribution < 1.29 is 8.42 Å². The van der Waals surface area contributed by atoms with Gasteiger partial charge >= 0.3 is 0 Å². The molecular weight excluding hydrogens is 320 g/mol. The number of anilines is 2. The average molecular weight is 331 g/mol. The van der Waals surface area contributed by atoms with Crippen LogP contribution in [0.4, 0.5) is 11.5 Å². The number of hydrogen-bond acceptors (Lipinski definition) is 4. The first-order valence-corrected chi connectivity index (χ1v) is 7.25. The smallest absolute Gasteiger partial charge is 0.267 e. The van der Waals surface area contributed by atoms with E-state index in [2.05, 4.69) is 30.8 Å². The number of aromatic nitrogens is 2. The van der Waals surface area contributed by atoms with Gasteiger partial charge in [0.25, 0.3) is 10.0 Å². The summed E-state index contributed by atoms with van der Waals surface area (Å²) in [6, 6.07) is 5.30. The summed E-state index contributed by atoms with van der Waals surface area (Å²) >= 11 is 3.30. The maximum Gasteiger partial charge on any atom is 0.267 e. The van der Waals surface area contributed by atoms with Crippen LogP contribution in [0, 0.1) is 6.92 Å². The molecule has 0 saturated heterocycles. The molecule has 2 aromatic rings. The first-order valence-electron chi connectivity index (χ1n) is 4.98. The molecule has 1 aromatic heterocycles. The van der Waals surface area contributed by atoms with Gasteiger partial charge in [0.15, 0.2) is 0 Å². The summed E-state index contributed by atoms with van der Waals surface area (Å²) in [5, 5.41) is 5.97. The van der Waals surface area contributed by atoms with E-state index in [1.807, 2.05) is 13.0 Å². The lowest BCUT2D eigenvalue weighted by Crippen LogP contribution is -2.14. The van der Waals surface area contributed by atoms with Crippen molar-refractivity contribution in [1.82, 2.24) is 10.2 Å². The zero-order chi connectivity index (χ0) is 13.3. The fraction of sp³-hybridized carbons (Fsp3) is 0.100. The second-order valence-electron chi connectivity index (χ2n) is 3.74. The topological polar surface area (TPSA) is 101 Å². The predicted octanol–water partition coefficient (Wildman–Crippen LogP) is 1.86. The molecule has 18 heavy (non-hydrogen) atoms. The van der Waals surface area contributed by atoms with Crippen molar-refractivity contribution in [3.63, 3.8) is 0 Å². The molecule has 0 fully saturated rings. The van der Waals surface area contributed by atoms with Crippen molar-refractivity contribution in [3.8, 4) is 0 Å². The minimum Gasteiger partial charge on any atom is -0.383 e. The van der Waals surface area contributed by atoms with Gasteiger partial charge in [-0.15, -0.1) is 0 Å². The van der Waals surface area contributed by atoms with E-state index in [-0.39, 0.29) is 10.7 Å². The molecule has 0 aliphatic heterocycles. The number of benzene rings is 1. The summed E-state index contributed by atoms with van der Waals surface area (Å²) in [5.74, 6) is 0.00531. The number of nitrogens with zero attached hydrogens (tertiary/aromatic N) is 1. The second kappa shape index (κ2) is 4.62. The number of nitrogen functional groups attached to an aromatic ring is 1. The molecule has 0 saturated carbocycles. The monoisotopic (exact) mass is 330 g/mol. The van der Waals surface area contributed by atoms with Crippen LogP contribution in [0.1, 0.15) is 5.56 Å². The van der Waals surface area contributed by atoms with Crippen LogP contribution in [0.25, 0.3) is 0 Å². The molecule has 8 heteroatoms. The SMILES string of the molecule is Cc1ccc(NS(=O)(=O)c2cn[nH]c2N)c(Br)c1. The lowest BCUT2D eigenvalue weighted by molar-refractivity contribution is 0.601. The maximum atomic E-state index is 12.0. The number of nitrogens with one attached hydrogen (secondary N) is 2. The highest BCUT2D eigenvalue weighted by Crippen LogP contribution is 2.26. The molecule has 0 aliphatic rings. The highest BCUT2D eigenvalue weighted by molar-refractivity contribution is 9.10. The van der Waals surface area contributed by atoms with Gasteiger partial charge in [0.2, 0.25) is 0 Å². The third-order valence-corrected chi connectivity index (χ3v) is 4.34. The fourth-order valence-corrected chi connectivity index (χ4v) is 3.23. The largest absolute Gasteiger partial charge is 0.383 e. The number of aryl methyl sites for hydroxylation is 1. The Bertz CT molecular complexity index is 681. The van der Waals surface area contributed by atoms with E-state index in [0.717, 1.165) is 5.56 Å². The molecule has 4 N–H and O–H groups in total. The van der Waals surface area contributed by atoms with Gasteiger partial charge in [-0.3, -0.25) is 9.82 Å². The number of rotatable bonds is 3. The average Bonchev–Trinajstić information content (AvgIpc) is 2.69. The quantitative estimate of drug-likeness (QED) is 0.799. The van der Waals surface area contributed by atoms with Gasteiger partial charge in [-0.25, -0.2) is 8.42 Å². The lowest BCUT2D eigenvalue weighted by Gasteiger charge is -2.09. The number of H-pyrrole nitrogens is 1. The summed E-state index contributed by atoms with van der Waals surface area (Å²) in [7, 11) is -3.73. The van der Waals surface area contributed by atoms with E-state index in [1.165, 1.54) is 6.20 Å². The number of sulfonamides is 1. The molecule has 0 amide bonds. The van der Waals surface area contributed by atoms with Gasteiger partial charge in [0, 0.05) is 4.47 Å². The summed E-state index contributed by atoms with van der Waals surface area (Å²) in [5.41, 5.74) is 6.96. The van der Waals surface area contributed by atoms with Gasteiger partial charge in [0.05, 0.1) is 11.9 Å². The summed E-state index contributed by atoms with van der Waals surface area (Å²) in [6.07, 6.45) is 1.17. The van der Waals surface area contributed by atoms with Crippen LogP contribution in [0.3, 0.4) is 0 Å². The zero-order valence-electron chi connectivity index (χ0n) is 9.44. The molecule has 96 valence electrons. The van der Waals surface area contributed by atoms with Crippen LogP contribution in [-0.4, -0.2) is 18.6 Å². The number of halogens is 1. The minimum absolute atomic E-state index is 0.00531. The number of nitrogens with two attached hydrogens (primary N) is 1. The second-order valence-corrected chi connectivity index (χ2v) is 6.24. The van der Waals surface area contributed by atoms with Crippen molar-refractivity contribution in [3.05, 3.63) is 34.4 Å². The Balaban J connectivity index is 2.37. The van der Waals surface area contributed by atoms with Crippen molar-refractivity contribution >= 4 is 37.5 Å². The van der Waals surface area contributed by atoms with Crippen LogP contribution in [-0.2, 0) is 10.0 Å². The Morgan fingerprint density at radius 3 is 2.72 bits per heavy atom. The first-order chi connectivity index (χ1) is 8.40. The van der Waals surface area contributed by atoms with Gasteiger partial charge in [0.1, 0.15) is 10.7 Å². The maximum absolute atomic E-state index is 12.0. The van der Waals surface area contributed by atoms with E-state index >= 15 is 0 Å². The Labute approximate surface area is 113 Å². The molecule has 0 radical (unpaired) electrons. The number of hydrogen-bond donors (Lipinski definition) is 3. The Morgan fingerprint density at radius 1 is 1.44 bits per heavy atom. The highest BCUT2D eigenvalue weighted by Gasteiger charge is 2.20. The highest BCUT2D eigenvalue weighted by atomic mass is 79.9. The molecule has 1 heterocycles. The van der Waals surface area contributed by atoms with Crippen LogP contribution < -0.4 is 10.5 Å². The summed E-state index contributed by atoms with van der Waals surface area (Å²) < 4.78 is 27.2. The van der Waals surface area contributed by atoms with Crippen LogP contribution in [0.5, 0.6) is 0 Å². The molecule has 0 atom stereocenters. The minimum atomic E-state index is -3.73. The molecule has 6 nitrogen and oxygen atoms in total. The van der Waals surface area contributed by atoms with E-state index in [4.69, 9.17) is 5.73 Å². The standard InChI is InChI=1S/C10H11BrN4O2S/c1-6-2-3-8(7(11)4-6)15-18(16,17)9-5-13-14-10(9)12/h2-5,15H,1H3,(H3,12,13,14). The molecule has 0 aliphatic carbocycles. The summed E-state index contributed by atoms with van der Waals surface area (Å²) in [6.45, 7) is 1.91. The normalized spacial score (nSPS) is 11.4. The van der Waals surface area contributed by atoms with Gasteiger partial charge in [-0.2, -0.15) is 5.10 Å². The molecule has 1 aromatic carbocycles. The van der Waals surface area contributed by atoms with Crippen molar-refractivity contribution in [2.75, 3.05) is 10.5 Å². The van der Waals surface area contributed by atoms with Crippen molar-refractivity contribution in [2.24, 2.45) is 0 Å². The van der Waals surface area contributed by atoms with Gasteiger partial charge in [-0.05, 0) is 40.5 Å². The number of aromatic amines is 1. The zero-order valence-corrected chi connectivity index (χ0v) is 11.8. The Morgan fingerprint density at radius 2 is 2.17 bits per heavy atom. The Hall–Kier alpha value is -1.54. The van der Waals surface area contributed by atoms with Crippen LogP contribution in [0.2, 0.25) is 0 Å². The van der Waals surface area contributed by atoms with Gasteiger partial charge in [-0.1, -0.05) is 6.07 Å². The molecule has 0 spiro atoms. The predicted molar refractivity (Wildman–Crippen MR) is 72.7 cm³/mol. The van der Waals surface area contributed by atoms with Crippen LogP contribution >= 0.6 is 15.9 Å². The summed E-state index contributed by atoms with van der Waals surface area (Å²) in [4.78, 5) is -0.0741. The van der Waals surface area contributed by atoms with E-state index < -0.39 is 10.0 Å². The third kappa shape index (κ3) is 2.49. The lowest BCUT2D eigenvalue weighted by atomic mass is 10.2. The van der Waals surface area contributed by atoms with E-state index in [0.29, 0.717) is 10.2 Å². The van der Waals surface area contributed by atoms with Crippen molar-refractivity contribution in [2.45, 2.75) is 11.8 Å². The molecule has 0 unspecified atom stereocenters. The third-order valence-electron chi connectivity index (χ3n) is 2.29. The van der Waals surface area contributed by atoms with E-state index in [1.54, 1.807) is 12.1 Å². The van der Waals surface area contributed by atoms with Gasteiger partial charge < -0.3 is 5.73 Å². The van der Waals surface area contributed by atoms with E-state index in [9.17, 15) is 8.42 Å². The molecule has 2 rings (SSSR count). The molecule has 0 bridgehead atoms. The first kappa shape index (κ1) is 12.9. The molecular formula is C10H11BrN4O2S. The van der Waals surface area contributed by atoms with Crippen LogP contribution in [0.15, 0.2) is 33.8 Å². The van der Waals surface area contributed by atoms with Crippen molar-refractivity contribution in [1.29, 1.82) is 0 Å².